The summed E-state index contributed by atoms with van der Waals surface area (Å²) in [6.45, 7) is 5.39. The normalized spacial score (nSPS) is 10.9. The number of hydrogen-bond donors (Lipinski definition) is 2. The lowest BCUT2D eigenvalue weighted by molar-refractivity contribution is 0.100. The quantitative estimate of drug-likeness (QED) is 0.749. The Morgan fingerprint density at radius 3 is 2.60 bits per heavy atom. The summed E-state index contributed by atoms with van der Waals surface area (Å²) in [7, 11) is 0. The van der Waals surface area contributed by atoms with E-state index in [2.05, 4.69) is 10.3 Å². The fourth-order valence-corrected chi connectivity index (χ4v) is 3.76. The van der Waals surface area contributed by atoms with Gasteiger partial charge in [0.15, 0.2) is 0 Å². The minimum atomic E-state index is -0.598. The van der Waals surface area contributed by atoms with Crippen LogP contribution in [0.4, 0.5) is 9.39 Å². The van der Waals surface area contributed by atoms with Crippen LogP contribution in [0.5, 0.6) is 0 Å². The second-order valence-corrected chi connectivity index (χ2v) is 7.00. The number of nitrogens with two attached hydrogens (primary N) is 1. The number of fused-ring (bicyclic) bond motifs is 1. The van der Waals surface area contributed by atoms with E-state index in [0.717, 1.165) is 10.4 Å². The molecule has 0 atom stereocenters. The van der Waals surface area contributed by atoms with Gasteiger partial charge in [-0.05, 0) is 50.6 Å². The Morgan fingerprint density at radius 1 is 1.20 bits per heavy atom. The molecule has 0 aliphatic carbocycles. The summed E-state index contributed by atoms with van der Waals surface area (Å²) in [4.78, 5) is 29.7. The van der Waals surface area contributed by atoms with Gasteiger partial charge in [-0.15, -0.1) is 11.3 Å². The second-order valence-electron chi connectivity index (χ2n) is 5.78. The molecule has 0 radical (unpaired) electrons. The lowest BCUT2D eigenvalue weighted by Gasteiger charge is -2.09. The van der Waals surface area contributed by atoms with Crippen molar-refractivity contribution >= 4 is 39.1 Å². The molecule has 2 aromatic heterocycles. The number of benzene rings is 1. The van der Waals surface area contributed by atoms with Gasteiger partial charge in [-0.1, -0.05) is 0 Å². The third kappa shape index (κ3) is 3.10. The number of nitrogens with zero attached hydrogens (tertiary/aromatic N) is 1. The standard InChI is InChI=1S/C18H16FN3O2S/c1-8-6-13(12-7-11(19)4-5-14(12)21-8)17(24)22-18-15(16(20)23)9(2)10(3)25-18/h4-7H,1-3H3,(H2,20,23)(H,22,24). The molecule has 1 aromatic carbocycles. The van der Waals surface area contributed by atoms with Gasteiger partial charge in [-0.2, -0.15) is 0 Å². The Bertz CT molecular complexity index is 1030. The van der Waals surface area contributed by atoms with E-state index < -0.39 is 17.6 Å². The van der Waals surface area contributed by atoms with E-state index in [-0.39, 0.29) is 0 Å². The Morgan fingerprint density at radius 2 is 1.92 bits per heavy atom. The van der Waals surface area contributed by atoms with Crippen LogP contribution in [0.2, 0.25) is 0 Å². The molecule has 0 aliphatic rings. The maximum atomic E-state index is 13.6. The summed E-state index contributed by atoms with van der Waals surface area (Å²) < 4.78 is 13.6. The van der Waals surface area contributed by atoms with Crippen LogP contribution in [0.3, 0.4) is 0 Å². The van der Waals surface area contributed by atoms with Crippen molar-refractivity contribution in [1.29, 1.82) is 0 Å². The first-order valence-electron chi connectivity index (χ1n) is 7.56. The minimum absolute atomic E-state index is 0.293. The van der Waals surface area contributed by atoms with Gasteiger partial charge < -0.3 is 11.1 Å². The van der Waals surface area contributed by atoms with Gasteiger partial charge in [-0.3, -0.25) is 14.6 Å². The van der Waals surface area contributed by atoms with E-state index in [4.69, 9.17) is 5.73 Å². The highest BCUT2D eigenvalue weighted by Crippen LogP contribution is 2.33. The van der Waals surface area contributed by atoms with Gasteiger partial charge in [-0.25, -0.2) is 4.39 Å². The summed E-state index contributed by atoms with van der Waals surface area (Å²) in [6, 6.07) is 5.70. The van der Waals surface area contributed by atoms with Crippen molar-refractivity contribution < 1.29 is 14.0 Å². The average molecular weight is 357 g/mol. The number of carbonyl (C=O) groups excluding carboxylic acids is 2. The molecule has 25 heavy (non-hydrogen) atoms. The van der Waals surface area contributed by atoms with Crippen LogP contribution in [0.25, 0.3) is 10.9 Å². The van der Waals surface area contributed by atoms with Crippen molar-refractivity contribution in [1.82, 2.24) is 4.98 Å². The maximum Gasteiger partial charge on any atom is 0.257 e. The maximum absolute atomic E-state index is 13.6. The Hall–Kier alpha value is -2.80. The summed E-state index contributed by atoms with van der Waals surface area (Å²) in [5, 5.41) is 3.54. The van der Waals surface area contributed by atoms with Crippen LogP contribution in [0.15, 0.2) is 24.3 Å². The molecule has 0 aliphatic heterocycles. The summed E-state index contributed by atoms with van der Waals surface area (Å²) in [5.74, 6) is -1.49. The minimum Gasteiger partial charge on any atom is -0.365 e. The van der Waals surface area contributed by atoms with Gasteiger partial charge in [0.05, 0.1) is 16.6 Å². The van der Waals surface area contributed by atoms with Crippen LogP contribution in [0.1, 0.15) is 36.9 Å². The number of halogens is 1. The van der Waals surface area contributed by atoms with E-state index in [0.29, 0.717) is 32.7 Å². The number of aromatic nitrogens is 1. The fourth-order valence-electron chi connectivity index (χ4n) is 2.70. The number of rotatable bonds is 3. The van der Waals surface area contributed by atoms with Crippen LogP contribution in [-0.2, 0) is 0 Å². The first-order valence-corrected chi connectivity index (χ1v) is 8.37. The number of primary amides is 1. The van der Waals surface area contributed by atoms with Crippen molar-refractivity contribution in [2.45, 2.75) is 20.8 Å². The summed E-state index contributed by atoms with van der Waals surface area (Å²) in [6.07, 6.45) is 0. The SMILES string of the molecule is Cc1cc(C(=O)Nc2sc(C)c(C)c2C(N)=O)c2cc(F)ccc2n1. The first-order chi connectivity index (χ1) is 11.8. The molecule has 0 fully saturated rings. The van der Waals surface area contributed by atoms with Crippen molar-refractivity contribution in [2.24, 2.45) is 5.73 Å². The Balaban J connectivity index is 2.09. The highest BCUT2D eigenvalue weighted by Gasteiger charge is 2.21. The monoisotopic (exact) mass is 357 g/mol. The number of pyridine rings is 1. The molecule has 0 saturated carbocycles. The van der Waals surface area contributed by atoms with Gasteiger partial charge in [0, 0.05) is 16.0 Å². The number of carbonyl (C=O) groups is 2. The molecule has 3 aromatic rings. The number of anilines is 1. The lowest BCUT2D eigenvalue weighted by atomic mass is 10.1. The highest BCUT2D eigenvalue weighted by molar-refractivity contribution is 7.16. The molecular weight excluding hydrogens is 341 g/mol. The summed E-state index contributed by atoms with van der Waals surface area (Å²) >= 11 is 1.28. The molecule has 7 heteroatoms. The Labute approximate surface area is 147 Å². The van der Waals surface area contributed by atoms with Gasteiger partial charge in [0.1, 0.15) is 10.8 Å². The fraction of sp³-hybridized carbons (Fsp3) is 0.167. The molecule has 2 heterocycles. The first kappa shape index (κ1) is 17.0. The smallest absolute Gasteiger partial charge is 0.257 e. The van der Waals surface area contributed by atoms with Gasteiger partial charge in [0.25, 0.3) is 11.8 Å². The van der Waals surface area contributed by atoms with Crippen LogP contribution in [-0.4, -0.2) is 16.8 Å². The summed E-state index contributed by atoms with van der Waals surface area (Å²) in [5.41, 5.74) is 7.94. The van der Waals surface area contributed by atoms with Crippen molar-refractivity contribution in [3.63, 3.8) is 0 Å². The molecule has 0 unspecified atom stereocenters. The number of amides is 2. The molecular formula is C18H16FN3O2S. The molecule has 5 nitrogen and oxygen atoms in total. The van der Waals surface area contributed by atoms with Crippen LogP contribution >= 0.6 is 11.3 Å². The van der Waals surface area contributed by atoms with Crippen molar-refractivity contribution in [3.05, 3.63) is 57.3 Å². The van der Waals surface area contributed by atoms with E-state index in [9.17, 15) is 14.0 Å². The van der Waals surface area contributed by atoms with Crippen molar-refractivity contribution in [3.8, 4) is 0 Å². The van der Waals surface area contributed by atoms with Crippen molar-refractivity contribution in [2.75, 3.05) is 5.32 Å². The zero-order valence-corrected chi connectivity index (χ0v) is 14.8. The third-order valence-corrected chi connectivity index (χ3v) is 5.12. The molecule has 0 saturated heterocycles. The van der Waals surface area contributed by atoms with Gasteiger partial charge in [0.2, 0.25) is 0 Å². The van der Waals surface area contributed by atoms with Crippen LogP contribution in [0, 0.1) is 26.6 Å². The number of hydrogen-bond acceptors (Lipinski definition) is 4. The second kappa shape index (κ2) is 6.25. The van der Waals surface area contributed by atoms with Gasteiger partial charge >= 0.3 is 0 Å². The molecule has 3 N–H and O–H groups in total. The molecule has 3 rings (SSSR count). The third-order valence-electron chi connectivity index (χ3n) is 4.00. The molecule has 2 amide bonds. The van der Waals surface area contributed by atoms with E-state index in [1.165, 1.54) is 29.5 Å². The molecule has 0 bridgehead atoms. The molecule has 128 valence electrons. The zero-order chi connectivity index (χ0) is 18.3. The largest absolute Gasteiger partial charge is 0.365 e. The van der Waals surface area contributed by atoms with E-state index >= 15 is 0 Å². The predicted octanol–water partition coefficient (Wildman–Crippen LogP) is 3.71. The predicted molar refractivity (Wildman–Crippen MR) is 96.7 cm³/mol. The number of aryl methyl sites for hydroxylation is 2. The van der Waals surface area contributed by atoms with Crippen LogP contribution < -0.4 is 11.1 Å². The zero-order valence-electron chi connectivity index (χ0n) is 13.9. The van der Waals surface area contributed by atoms with E-state index in [1.54, 1.807) is 19.9 Å². The number of nitrogens with one attached hydrogen (secondary N) is 1. The van der Waals surface area contributed by atoms with E-state index in [1.807, 2.05) is 6.92 Å². The molecule has 0 spiro atoms. The topological polar surface area (TPSA) is 85.1 Å². The lowest BCUT2D eigenvalue weighted by Crippen LogP contribution is -2.18. The Kier molecular flexibility index (Phi) is 4.26. The highest BCUT2D eigenvalue weighted by atomic mass is 32.1. The number of thiophene rings is 1. The average Bonchev–Trinajstić information content (AvgIpc) is 2.81.